The molecule has 0 aromatic heterocycles. The number of carbonyl (C=O) groups excluding carboxylic acids is 1. The first kappa shape index (κ1) is 16.0. The van der Waals surface area contributed by atoms with E-state index in [2.05, 4.69) is 4.90 Å². The van der Waals surface area contributed by atoms with Crippen molar-refractivity contribution in [2.45, 2.75) is 31.7 Å². The van der Waals surface area contributed by atoms with Crippen LogP contribution in [0.2, 0.25) is 0 Å². The SMILES string of the molecule is Cc1ccc(C(=O)N2CC3(C[C@H](CO)CN3CC3CC3)C2)cc1F. The number of amides is 1. The van der Waals surface area contributed by atoms with Crippen LogP contribution in [0, 0.1) is 24.6 Å². The number of aryl methyl sites for hydroxylation is 1. The van der Waals surface area contributed by atoms with Gasteiger partial charge in [0.2, 0.25) is 0 Å². The van der Waals surface area contributed by atoms with E-state index in [1.165, 1.54) is 18.9 Å². The molecule has 1 spiro atoms. The largest absolute Gasteiger partial charge is 0.396 e. The van der Waals surface area contributed by atoms with E-state index in [1.807, 2.05) is 4.90 Å². The predicted octanol–water partition coefficient (Wildman–Crippen LogP) is 2.05. The Hall–Kier alpha value is -1.46. The molecule has 2 aliphatic heterocycles. The fourth-order valence-corrected chi connectivity index (χ4v) is 4.28. The second-order valence-electron chi connectivity index (χ2n) is 7.95. The van der Waals surface area contributed by atoms with Crippen molar-refractivity contribution in [2.75, 3.05) is 32.8 Å². The Kier molecular flexibility index (Phi) is 3.88. The fourth-order valence-electron chi connectivity index (χ4n) is 4.28. The number of benzene rings is 1. The van der Waals surface area contributed by atoms with Crippen LogP contribution in [-0.4, -0.2) is 59.1 Å². The van der Waals surface area contributed by atoms with Gasteiger partial charge in [-0.15, -0.1) is 0 Å². The van der Waals surface area contributed by atoms with E-state index in [0.717, 1.165) is 25.4 Å². The van der Waals surface area contributed by atoms with E-state index in [1.54, 1.807) is 19.1 Å². The van der Waals surface area contributed by atoms with Crippen LogP contribution in [0.25, 0.3) is 0 Å². The first-order valence-corrected chi connectivity index (χ1v) is 8.92. The summed E-state index contributed by atoms with van der Waals surface area (Å²) in [6, 6.07) is 4.71. The average molecular weight is 332 g/mol. The van der Waals surface area contributed by atoms with Gasteiger partial charge in [0, 0.05) is 38.3 Å². The molecule has 4 rings (SSSR count). The standard InChI is InChI=1S/C19H25FN2O2/c1-13-2-5-16(6-17(13)20)18(24)21-11-19(12-21)7-15(10-23)9-22(19)8-14-3-4-14/h2,5-6,14-15,23H,3-4,7-12H2,1H3/t15-/m0/s1. The summed E-state index contributed by atoms with van der Waals surface area (Å²) in [6.07, 6.45) is 3.57. The lowest BCUT2D eigenvalue weighted by atomic mass is 9.84. The van der Waals surface area contributed by atoms with E-state index in [4.69, 9.17) is 0 Å². The molecular formula is C19H25FN2O2. The van der Waals surface area contributed by atoms with Crippen molar-refractivity contribution in [3.63, 3.8) is 0 Å². The maximum atomic E-state index is 13.7. The van der Waals surface area contributed by atoms with Gasteiger partial charge in [0.1, 0.15) is 5.82 Å². The maximum absolute atomic E-state index is 13.7. The van der Waals surface area contributed by atoms with Crippen molar-refractivity contribution in [2.24, 2.45) is 11.8 Å². The smallest absolute Gasteiger partial charge is 0.254 e. The number of hydrogen-bond donors (Lipinski definition) is 1. The second kappa shape index (κ2) is 5.81. The molecule has 1 atom stereocenters. The summed E-state index contributed by atoms with van der Waals surface area (Å²) in [5.41, 5.74) is 1.02. The van der Waals surface area contributed by atoms with Crippen LogP contribution >= 0.6 is 0 Å². The monoisotopic (exact) mass is 332 g/mol. The van der Waals surface area contributed by atoms with Gasteiger partial charge in [-0.3, -0.25) is 9.69 Å². The van der Waals surface area contributed by atoms with E-state index in [-0.39, 0.29) is 23.9 Å². The van der Waals surface area contributed by atoms with Gasteiger partial charge in [-0.2, -0.15) is 0 Å². The molecule has 0 bridgehead atoms. The van der Waals surface area contributed by atoms with Gasteiger partial charge in [-0.25, -0.2) is 4.39 Å². The first-order valence-electron chi connectivity index (χ1n) is 8.92. The molecule has 4 nitrogen and oxygen atoms in total. The quantitative estimate of drug-likeness (QED) is 0.918. The number of carbonyl (C=O) groups is 1. The van der Waals surface area contributed by atoms with Gasteiger partial charge < -0.3 is 10.0 Å². The Balaban J connectivity index is 1.45. The lowest BCUT2D eigenvalue weighted by molar-refractivity contribution is -0.0200. The molecule has 1 N–H and O–H groups in total. The predicted molar refractivity (Wildman–Crippen MR) is 89.3 cm³/mol. The van der Waals surface area contributed by atoms with Crippen molar-refractivity contribution in [3.8, 4) is 0 Å². The minimum Gasteiger partial charge on any atom is -0.396 e. The molecule has 1 aromatic rings. The average Bonchev–Trinajstić information content (AvgIpc) is 3.26. The highest BCUT2D eigenvalue weighted by Crippen LogP contribution is 2.43. The van der Waals surface area contributed by atoms with Crippen molar-refractivity contribution in [1.82, 2.24) is 9.80 Å². The van der Waals surface area contributed by atoms with Crippen LogP contribution in [-0.2, 0) is 0 Å². The Morgan fingerprint density at radius 2 is 2.08 bits per heavy atom. The zero-order chi connectivity index (χ0) is 16.9. The lowest BCUT2D eigenvalue weighted by Gasteiger charge is -2.53. The molecular weight excluding hydrogens is 307 g/mol. The van der Waals surface area contributed by atoms with Gasteiger partial charge in [-0.1, -0.05) is 6.07 Å². The Labute approximate surface area is 142 Å². The Bertz CT molecular complexity index is 653. The normalized spacial score (nSPS) is 26.0. The van der Waals surface area contributed by atoms with Gasteiger partial charge in [0.05, 0.1) is 5.54 Å². The second-order valence-corrected chi connectivity index (χ2v) is 7.95. The van der Waals surface area contributed by atoms with E-state index < -0.39 is 0 Å². The van der Waals surface area contributed by atoms with Crippen molar-refractivity contribution in [3.05, 3.63) is 35.1 Å². The third-order valence-electron chi connectivity index (χ3n) is 5.93. The van der Waals surface area contributed by atoms with Crippen molar-refractivity contribution < 1.29 is 14.3 Å². The van der Waals surface area contributed by atoms with Crippen molar-refractivity contribution in [1.29, 1.82) is 0 Å². The third kappa shape index (κ3) is 2.74. The zero-order valence-electron chi connectivity index (χ0n) is 14.2. The number of halogens is 1. The summed E-state index contributed by atoms with van der Waals surface area (Å²) in [5.74, 6) is 0.707. The molecule has 1 aliphatic carbocycles. The molecule has 1 amide bonds. The summed E-state index contributed by atoms with van der Waals surface area (Å²) in [4.78, 5) is 16.9. The molecule has 2 heterocycles. The van der Waals surface area contributed by atoms with Gasteiger partial charge in [-0.05, 0) is 55.7 Å². The van der Waals surface area contributed by atoms with Gasteiger partial charge in [0.15, 0.2) is 0 Å². The summed E-state index contributed by atoms with van der Waals surface area (Å²) in [6.45, 7) is 5.35. The number of nitrogens with zero attached hydrogens (tertiary/aromatic N) is 2. The van der Waals surface area contributed by atoms with Gasteiger partial charge >= 0.3 is 0 Å². The molecule has 1 saturated carbocycles. The van der Waals surface area contributed by atoms with Crippen LogP contribution in [0.1, 0.15) is 35.2 Å². The van der Waals surface area contributed by atoms with Crippen LogP contribution in [0.4, 0.5) is 4.39 Å². The highest BCUT2D eigenvalue weighted by atomic mass is 19.1. The molecule has 1 aromatic carbocycles. The molecule has 5 heteroatoms. The minimum atomic E-state index is -0.326. The molecule has 0 radical (unpaired) electrons. The summed E-state index contributed by atoms with van der Waals surface area (Å²) in [5, 5.41) is 9.55. The number of aliphatic hydroxyl groups is 1. The number of aliphatic hydroxyl groups excluding tert-OH is 1. The minimum absolute atomic E-state index is 0.0366. The van der Waals surface area contributed by atoms with Crippen LogP contribution in [0.15, 0.2) is 18.2 Å². The molecule has 3 aliphatic rings. The van der Waals surface area contributed by atoms with Crippen LogP contribution < -0.4 is 0 Å². The fraction of sp³-hybridized carbons (Fsp3) is 0.632. The summed E-state index contributed by atoms with van der Waals surface area (Å²) < 4.78 is 13.7. The molecule has 24 heavy (non-hydrogen) atoms. The number of likely N-dealkylation sites (tertiary alicyclic amines) is 2. The Morgan fingerprint density at radius 1 is 1.33 bits per heavy atom. The molecule has 0 unspecified atom stereocenters. The third-order valence-corrected chi connectivity index (χ3v) is 5.93. The lowest BCUT2D eigenvalue weighted by Crippen LogP contribution is -2.69. The topological polar surface area (TPSA) is 43.8 Å². The number of rotatable bonds is 4. The highest BCUT2D eigenvalue weighted by Gasteiger charge is 2.55. The van der Waals surface area contributed by atoms with E-state index in [9.17, 15) is 14.3 Å². The van der Waals surface area contributed by atoms with Crippen LogP contribution in [0.3, 0.4) is 0 Å². The molecule has 2 saturated heterocycles. The molecule has 3 fully saturated rings. The zero-order valence-corrected chi connectivity index (χ0v) is 14.2. The highest BCUT2D eigenvalue weighted by molar-refractivity contribution is 5.95. The summed E-state index contributed by atoms with van der Waals surface area (Å²) in [7, 11) is 0. The van der Waals surface area contributed by atoms with E-state index >= 15 is 0 Å². The van der Waals surface area contributed by atoms with Crippen molar-refractivity contribution >= 4 is 5.91 Å². The Morgan fingerprint density at radius 3 is 2.71 bits per heavy atom. The van der Waals surface area contributed by atoms with Gasteiger partial charge in [0.25, 0.3) is 5.91 Å². The van der Waals surface area contributed by atoms with Crippen LogP contribution in [0.5, 0.6) is 0 Å². The summed E-state index contributed by atoms with van der Waals surface area (Å²) >= 11 is 0. The first-order chi connectivity index (χ1) is 11.5. The molecule has 130 valence electrons. The van der Waals surface area contributed by atoms with E-state index in [0.29, 0.717) is 30.1 Å². The number of hydrogen-bond acceptors (Lipinski definition) is 3. The maximum Gasteiger partial charge on any atom is 0.254 e.